The molecule has 1 aromatic carbocycles. The minimum absolute atomic E-state index is 0.232. The Bertz CT molecular complexity index is 427. The van der Waals surface area contributed by atoms with Crippen LogP contribution in [0.2, 0.25) is 0 Å². The average molecular weight is 289 g/mol. The summed E-state index contributed by atoms with van der Waals surface area (Å²) in [6.45, 7) is 7.27. The lowest BCUT2D eigenvalue weighted by Crippen LogP contribution is -2.49. The number of rotatable bonds is 6. The third-order valence-electron chi connectivity index (χ3n) is 4.25. The first-order valence-electron chi connectivity index (χ1n) is 7.89. The number of benzene rings is 1. The van der Waals surface area contributed by atoms with Gasteiger partial charge in [0.1, 0.15) is 0 Å². The van der Waals surface area contributed by atoms with Gasteiger partial charge in [-0.3, -0.25) is 4.79 Å². The van der Waals surface area contributed by atoms with Crippen LogP contribution in [0, 0.1) is 0 Å². The maximum Gasteiger partial charge on any atom is 0.236 e. The number of amides is 1. The molecule has 1 atom stereocenters. The molecule has 0 saturated carbocycles. The van der Waals surface area contributed by atoms with Gasteiger partial charge < -0.3 is 15.1 Å². The van der Waals surface area contributed by atoms with Gasteiger partial charge in [0, 0.05) is 26.2 Å². The predicted molar refractivity (Wildman–Crippen MR) is 86.4 cm³/mol. The van der Waals surface area contributed by atoms with Crippen molar-refractivity contribution in [1.29, 1.82) is 0 Å². The third kappa shape index (κ3) is 5.14. The SMILES string of the molecule is CC(CCNCC(=O)N1CCN(C)CC1)c1ccccc1. The summed E-state index contributed by atoms with van der Waals surface area (Å²) in [5.74, 6) is 0.757. The number of likely N-dealkylation sites (N-methyl/N-ethyl adjacent to an activating group) is 1. The van der Waals surface area contributed by atoms with Crippen molar-refractivity contribution in [2.24, 2.45) is 0 Å². The van der Waals surface area contributed by atoms with Crippen molar-refractivity contribution in [1.82, 2.24) is 15.1 Å². The zero-order chi connectivity index (χ0) is 15.1. The van der Waals surface area contributed by atoms with Gasteiger partial charge in [0.05, 0.1) is 6.54 Å². The first-order valence-corrected chi connectivity index (χ1v) is 7.89. The Hall–Kier alpha value is -1.39. The van der Waals surface area contributed by atoms with Crippen LogP contribution in [-0.4, -0.2) is 62.0 Å². The molecule has 0 aromatic heterocycles. The van der Waals surface area contributed by atoms with E-state index in [4.69, 9.17) is 0 Å². The molecule has 1 unspecified atom stereocenters. The number of carbonyl (C=O) groups is 1. The second kappa shape index (κ2) is 8.15. The molecule has 1 heterocycles. The highest BCUT2D eigenvalue weighted by molar-refractivity contribution is 5.78. The first-order chi connectivity index (χ1) is 10.2. The van der Waals surface area contributed by atoms with Gasteiger partial charge in [0.15, 0.2) is 0 Å². The largest absolute Gasteiger partial charge is 0.339 e. The van der Waals surface area contributed by atoms with Crippen molar-refractivity contribution in [3.05, 3.63) is 35.9 Å². The fourth-order valence-electron chi connectivity index (χ4n) is 2.63. The first kappa shape index (κ1) is 16.0. The quantitative estimate of drug-likeness (QED) is 0.807. The Balaban J connectivity index is 1.62. The van der Waals surface area contributed by atoms with Crippen molar-refractivity contribution in [3.8, 4) is 0 Å². The molecule has 1 amide bonds. The summed E-state index contributed by atoms with van der Waals surface area (Å²) >= 11 is 0. The maximum atomic E-state index is 12.1. The van der Waals surface area contributed by atoms with E-state index >= 15 is 0 Å². The fraction of sp³-hybridized carbons (Fsp3) is 0.588. The number of carbonyl (C=O) groups excluding carboxylic acids is 1. The highest BCUT2D eigenvalue weighted by Crippen LogP contribution is 2.17. The standard InChI is InChI=1S/C17H27N3O/c1-15(16-6-4-3-5-7-16)8-9-18-14-17(21)20-12-10-19(2)11-13-20/h3-7,15,18H,8-14H2,1-2H3. The zero-order valence-electron chi connectivity index (χ0n) is 13.2. The highest BCUT2D eigenvalue weighted by atomic mass is 16.2. The molecule has 0 aliphatic carbocycles. The molecule has 1 aliphatic heterocycles. The number of piperazine rings is 1. The molecule has 1 aromatic rings. The van der Waals surface area contributed by atoms with Gasteiger partial charge >= 0.3 is 0 Å². The normalized spacial score (nSPS) is 17.7. The molecular formula is C17H27N3O. The van der Waals surface area contributed by atoms with Crippen LogP contribution in [-0.2, 0) is 4.79 Å². The van der Waals surface area contributed by atoms with Crippen LogP contribution in [0.25, 0.3) is 0 Å². The number of hydrogen-bond donors (Lipinski definition) is 1. The second-order valence-electron chi connectivity index (χ2n) is 5.96. The van der Waals surface area contributed by atoms with Gasteiger partial charge in [0.25, 0.3) is 0 Å². The van der Waals surface area contributed by atoms with Crippen LogP contribution in [0.3, 0.4) is 0 Å². The molecule has 1 saturated heterocycles. The van der Waals surface area contributed by atoms with Gasteiger partial charge in [-0.25, -0.2) is 0 Å². The van der Waals surface area contributed by atoms with Gasteiger partial charge in [0.2, 0.25) is 5.91 Å². The predicted octanol–water partition coefficient (Wildman–Crippen LogP) is 1.54. The van der Waals surface area contributed by atoms with E-state index in [2.05, 4.69) is 48.5 Å². The molecule has 1 N–H and O–H groups in total. The van der Waals surface area contributed by atoms with E-state index in [-0.39, 0.29) is 5.91 Å². The van der Waals surface area contributed by atoms with Crippen LogP contribution in [0.5, 0.6) is 0 Å². The topological polar surface area (TPSA) is 35.6 Å². The van der Waals surface area contributed by atoms with E-state index in [1.807, 2.05) is 11.0 Å². The minimum Gasteiger partial charge on any atom is -0.339 e. The molecule has 21 heavy (non-hydrogen) atoms. The van der Waals surface area contributed by atoms with Gasteiger partial charge in [-0.2, -0.15) is 0 Å². The van der Waals surface area contributed by atoms with Crippen LogP contribution in [0.1, 0.15) is 24.8 Å². The van der Waals surface area contributed by atoms with Crippen LogP contribution in [0.4, 0.5) is 0 Å². The summed E-state index contributed by atoms with van der Waals surface area (Å²) in [5, 5.41) is 3.29. The minimum atomic E-state index is 0.232. The van der Waals surface area contributed by atoms with E-state index in [0.29, 0.717) is 12.5 Å². The number of hydrogen-bond acceptors (Lipinski definition) is 3. The molecule has 1 aliphatic rings. The Labute approximate surface area is 128 Å². The van der Waals surface area contributed by atoms with Crippen molar-refractivity contribution >= 4 is 5.91 Å². The van der Waals surface area contributed by atoms with Crippen LogP contribution in [0.15, 0.2) is 30.3 Å². The molecule has 4 heteroatoms. The Morgan fingerprint density at radius 3 is 2.52 bits per heavy atom. The summed E-state index contributed by atoms with van der Waals surface area (Å²) < 4.78 is 0. The molecule has 0 spiro atoms. The zero-order valence-corrected chi connectivity index (χ0v) is 13.2. The van der Waals surface area contributed by atoms with Gasteiger partial charge in [-0.1, -0.05) is 37.3 Å². The monoisotopic (exact) mass is 289 g/mol. The third-order valence-corrected chi connectivity index (χ3v) is 4.25. The lowest BCUT2D eigenvalue weighted by atomic mass is 9.98. The molecular weight excluding hydrogens is 262 g/mol. The van der Waals surface area contributed by atoms with E-state index in [9.17, 15) is 4.79 Å². The van der Waals surface area contributed by atoms with Crippen molar-refractivity contribution in [3.63, 3.8) is 0 Å². The Kier molecular flexibility index (Phi) is 6.21. The smallest absolute Gasteiger partial charge is 0.236 e. The average Bonchev–Trinajstić information content (AvgIpc) is 2.52. The molecule has 2 rings (SSSR count). The molecule has 1 fully saturated rings. The van der Waals surface area contributed by atoms with Crippen molar-refractivity contribution in [2.75, 3.05) is 46.3 Å². The summed E-state index contributed by atoms with van der Waals surface area (Å²) in [5.41, 5.74) is 1.37. The highest BCUT2D eigenvalue weighted by Gasteiger charge is 2.18. The lowest BCUT2D eigenvalue weighted by Gasteiger charge is -2.32. The van der Waals surface area contributed by atoms with Crippen LogP contribution < -0.4 is 5.32 Å². The fourth-order valence-corrected chi connectivity index (χ4v) is 2.63. The Morgan fingerprint density at radius 1 is 1.19 bits per heavy atom. The number of nitrogens with one attached hydrogen (secondary N) is 1. The summed E-state index contributed by atoms with van der Waals surface area (Å²) in [6, 6.07) is 10.5. The maximum absolute atomic E-state index is 12.1. The van der Waals surface area contributed by atoms with E-state index in [0.717, 1.165) is 39.1 Å². The summed E-state index contributed by atoms with van der Waals surface area (Å²) in [7, 11) is 2.10. The molecule has 0 bridgehead atoms. The second-order valence-corrected chi connectivity index (χ2v) is 5.96. The number of nitrogens with zero attached hydrogens (tertiary/aromatic N) is 2. The van der Waals surface area contributed by atoms with E-state index in [1.54, 1.807) is 0 Å². The molecule has 0 radical (unpaired) electrons. The summed E-state index contributed by atoms with van der Waals surface area (Å²) in [6.07, 6.45) is 1.06. The molecule has 4 nitrogen and oxygen atoms in total. The Morgan fingerprint density at radius 2 is 1.86 bits per heavy atom. The van der Waals surface area contributed by atoms with Gasteiger partial charge in [-0.05, 0) is 31.5 Å². The molecule has 116 valence electrons. The van der Waals surface area contributed by atoms with Crippen molar-refractivity contribution in [2.45, 2.75) is 19.3 Å². The van der Waals surface area contributed by atoms with Crippen molar-refractivity contribution < 1.29 is 4.79 Å². The van der Waals surface area contributed by atoms with E-state index < -0.39 is 0 Å². The summed E-state index contributed by atoms with van der Waals surface area (Å²) in [4.78, 5) is 16.3. The lowest BCUT2D eigenvalue weighted by molar-refractivity contribution is -0.131. The van der Waals surface area contributed by atoms with Gasteiger partial charge in [-0.15, -0.1) is 0 Å². The van der Waals surface area contributed by atoms with E-state index in [1.165, 1.54) is 5.56 Å². The van der Waals surface area contributed by atoms with Crippen LogP contribution >= 0.6 is 0 Å².